The first-order chi connectivity index (χ1) is 7.75. The van der Waals surface area contributed by atoms with E-state index in [9.17, 15) is 0 Å². The molecule has 88 valence electrons. The molecule has 0 saturated heterocycles. The molecule has 1 aromatic rings. The lowest BCUT2D eigenvalue weighted by Crippen LogP contribution is -2.31. The van der Waals surface area contributed by atoms with Gasteiger partial charge in [-0.15, -0.1) is 0 Å². The van der Waals surface area contributed by atoms with Crippen molar-refractivity contribution >= 4 is 11.6 Å². The van der Waals surface area contributed by atoms with Crippen LogP contribution in [0, 0.1) is 5.92 Å². The van der Waals surface area contributed by atoms with Crippen LogP contribution in [0.1, 0.15) is 38.2 Å². The summed E-state index contributed by atoms with van der Waals surface area (Å²) in [4.78, 5) is 0. The Morgan fingerprint density at radius 3 is 2.81 bits per heavy atom. The molecule has 0 spiro atoms. The van der Waals surface area contributed by atoms with Gasteiger partial charge in [0, 0.05) is 17.6 Å². The average Bonchev–Trinajstić information content (AvgIpc) is 2.79. The van der Waals surface area contributed by atoms with Crippen molar-refractivity contribution in [3.05, 3.63) is 34.9 Å². The third kappa shape index (κ3) is 3.23. The molecule has 1 aliphatic rings. The molecule has 0 aromatic heterocycles. The lowest BCUT2D eigenvalue weighted by Gasteiger charge is -2.20. The summed E-state index contributed by atoms with van der Waals surface area (Å²) >= 11 is 5.96. The van der Waals surface area contributed by atoms with Gasteiger partial charge in [-0.25, -0.2) is 0 Å². The van der Waals surface area contributed by atoms with Crippen LogP contribution in [0.15, 0.2) is 24.3 Å². The van der Waals surface area contributed by atoms with Crippen LogP contribution in [0.5, 0.6) is 0 Å². The van der Waals surface area contributed by atoms with Crippen molar-refractivity contribution in [2.45, 2.75) is 45.2 Å². The topological polar surface area (TPSA) is 12.0 Å². The molecular formula is C14H20ClN. The van der Waals surface area contributed by atoms with E-state index < -0.39 is 0 Å². The van der Waals surface area contributed by atoms with E-state index in [2.05, 4.69) is 18.3 Å². The molecule has 0 bridgehead atoms. The van der Waals surface area contributed by atoms with Gasteiger partial charge in [-0.2, -0.15) is 0 Å². The molecule has 1 nitrogen and oxygen atoms in total. The third-order valence-corrected chi connectivity index (χ3v) is 3.86. The lowest BCUT2D eigenvalue weighted by atomic mass is 9.99. The molecule has 1 aromatic carbocycles. The van der Waals surface area contributed by atoms with Crippen molar-refractivity contribution in [2.24, 2.45) is 5.92 Å². The van der Waals surface area contributed by atoms with Crippen molar-refractivity contribution < 1.29 is 0 Å². The van der Waals surface area contributed by atoms with Crippen molar-refractivity contribution in [2.75, 3.05) is 0 Å². The largest absolute Gasteiger partial charge is 0.310 e. The van der Waals surface area contributed by atoms with E-state index in [1.807, 2.05) is 18.2 Å². The summed E-state index contributed by atoms with van der Waals surface area (Å²) in [6, 6.07) is 8.72. The van der Waals surface area contributed by atoms with E-state index in [1.165, 1.54) is 31.2 Å². The van der Waals surface area contributed by atoms with Crippen LogP contribution < -0.4 is 5.32 Å². The molecule has 0 radical (unpaired) electrons. The minimum atomic E-state index is 0.626. The van der Waals surface area contributed by atoms with E-state index in [0.717, 1.165) is 17.5 Å². The first-order valence-electron chi connectivity index (χ1n) is 6.23. The maximum atomic E-state index is 5.96. The second kappa shape index (κ2) is 5.70. The first-order valence-corrected chi connectivity index (χ1v) is 6.61. The third-order valence-electron chi connectivity index (χ3n) is 3.62. The lowest BCUT2D eigenvalue weighted by molar-refractivity contribution is 0.380. The summed E-state index contributed by atoms with van der Waals surface area (Å²) < 4.78 is 0. The van der Waals surface area contributed by atoms with Crippen LogP contribution in [-0.2, 0) is 6.54 Å². The number of benzene rings is 1. The molecule has 2 heteroatoms. The van der Waals surface area contributed by atoms with Gasteiger partial charge in [0.05, 0.1) is 0 Å². The van der Waals surface area contributed by atoms with Gasteiger partial charge in [-0.05, 0) is 43.4 Å². The highest BCUT2D eigenvalue weighted by molar-refractivity contribution is 6.30. The molecule has 0 aliphatic heterocycles. The van der Waals surface area contributed by atoms with Crippen LogP contribution in [0.2, 0.25) is 5.02 Å². The van der Waals surface area contributed by atoms with Crippen molar-refractivity contribution in [3.63, 3.8) is 0 Å². The number of rotatable bonds is 4. The maximum Gasteiger partial charge on any atom is 0.0409 e. The van der Waals surface area contributed by atoms with Crippen molar-refractivity contribution in [1.29, 1.82) is 0 Å². The van der Waals surface area contributed by atoms with Gasteiger partial charge in [0.1, 0.15) is 0 Å². The molecule has 1 N–H and O–H groups in total. The second-order valence-electron chi connectivity index (χ2n) is 4.84. The maximum absolute atomic E-state index is 5.96. The second-order valence-corrected chi connectivity index (χ2v) is 5.28. The molecule has 0 heterocycles. The molecule has 16 heavy (non-hydrogen) atoms. The number of hydrogen-bond acceptors (Lipinski definition) is 1. The highest BCUT2D eigenvalue weighted by Crippen LogP contribution is 2.27. The average molecular weight is 238 g/mol. The zero-order valence-corrected chi connectivity index (χ0v) is 10.6. The molecule has 2 rings (SSSR count). The van der Waals surface area contributed by atoms with Crippen LogP contribution in [0.4, 0.5) is 0 Å². The normalized spacial score (nSPS) is 18.9. The number of halogens is 1. The minimum Gasteiger partial charge on any atom is -0.310 e. The standard InChI is InChI=1S/C14H20ClN/c1-11(13-6-2-3-7-13)16-10-12-5-4-8-14(15)9-12/h4-5,8-9,11,13,16H,2-3,6-7,10H2,1H3. The summed E-state index contributed by atoms with van der Waals surface area (Å²) in [5.41, 5.74) is 1.28. The number of hydrogen-bond donors (Lipinski definition) is 1. The fourth-order valence-electron chi connectivity index (χ4n) is 2.55. The Balaban J connectivity index is 1.82. The highest BCUT2D eigenvalue weighted by Gasteiger charge is 2.20. The summed E-state index contributed by atoms with van der Waals surface area (Å²) in [6.07, 6.45) is 5.61. The van der Waals surface area contributed by atoms with Gasteiger partial charge in [-0.3, -0.25) is 0 Å². The first kappa shape index (κ1) is 11.9. The summed E-state index contributed by atoms with van der Waals surface area (Å²) in [6.45, 7) is 3.23. The SMILES string of the molecule is CC(NCc1cccc(Cl)c1)C1CCCC1. The van der Waals surface area contributed by atoms with E-state index in [0.29, 0.717) is 6.04 Å². The molecule has 1 aliphatic carbocycles. The van der Waals surface area contributed by atoms with E-state index in [-0.39, 0.29) is 0 Å². The Hall–Kier alpha value is -0.530. The van der Waals surface area contributed by atoms with E-state index in [4.69, 9.17) is 11.6 Å². The Labute approximate surface area is 103 Å². The van der Waals surface area contributed by atoms with Crippen molar-refractivity contribution in [1.82, 2.24) is 5.32 Å². The quantitative estimate of drug-likeness (QED) is 0.835. The Bertz CT molecular complexity index is 331. The zero-order chi connectivity index (χ0) is 11.4. The Morgan fingerprint density at radius 1 is 1.38 bits per heavy atom. The molecule has 1 atom stereocenters. The van der Waals surface area contributed by atoms with E-state index in [1.54, 1.807) is 0 Å². The fourth-order valence-corrected chi connectivity index (χ4v) is 2.76. The van der Waals surface area contributed by atoms with Gasteiger partial charge in [-0.1, -0.05) is 36.6 Å². The van der Waals surface area contributed by atoms with Gasteiger partial charge in [0.25, 0.3) is 0 Å². The molecular weight excluding hydrogens is 218 g/mol. The molecule has 0 amide bonds. The van der Waals surface area contributed by atoms with Crippen LogP contribution in [0.25, 0.3) is 0 Å². The van der Waals surface area contributed by atoms with Gasteiger partial charge < -0.3 is 5.32 Å². The molecule has 1 fully saturated rings. The van der Waals surface area contributed by atoms with Gasteiger partial charge in [0.15, 0.2) is 0 Å². The Kier molecular flexibility index (Phi) is 4.25. The van der Waals surface area contributed by atoms with Crippen LogP contribution >= 0.6 is 11.6 Å². The smallest absolute Gasteiger partial charge is 0.0409 e. The van der Waals surface area contributed by atoms with Gasteiger partial charge >= 0.3 is 0 Å². The fraction of sp³-hybridized carbons (Fsp3) is 0.571. The predicted octanol–water partition coefficient (Wildman–Crippen LogP) is 4.01. The summed E-state index contributed by atoms with van der Waals surface area (Å²) in [5, 5.41) is 4.44. The van der Waals surface area contributed by atoms with E-state index >= 15 is 0 Å². The minimum absolute atomic E-state index is 0.626. The summed E-state index contributed by atoms with van der Waals surface area (Å²) in [7, 11) is 0. The van der Waals surface area contributed by atoms with Gasteiger partial charge in [0.2, 0.25) is 0 Å². The Morgan fingerprint density at radius 2 is 2.12 bits per heavy atom. The zero-order valence-electron chi connectivity index (χ0n) is 9.88. The molecule has 1 unspecified atom stereocenters. The van der Waals surface area contributed by atoms with Crippen LogP contribution in [-0.4, -0.2) is 6.04 Å². The van der Waals surface area contributed by atoms with Crippen molar-refractivity contribution in [3.8, 4) is 0 Å². The highest BCUT2D eigenvalue weighted by atomic mass is 35.5. The van der Waals surface area contributed by atoms with Crippen LogP contribution in [0.3, 0.4) is 0 Å². The summed E-state index contributed by atoms with van der Waals surface area (Å²) in [5.74, 6) is 0.874. The monoisotopic (exact) mass is 237 g/mol. The molecule has 1 saturated carbocycles. The predicted molar refractivity (Wildman–Crippen MR) is 69.7 cm³/mol. The number of nitrogens with one attached hydrogen (secondary N) is 1.